The number of nitrogens with one attached hydrogen (secondary N) is 2. The standard InChI is InChI=1S/C37H52N4O10S/c1-20-11-9-10-12-29(48-7)37(46)19-28(50-36(45)40-37)22(3)34-33(51-34)21(2)26(49-35(44)23(4)39-30(42)13-14-52-8)18-31(43)41(5)25-16-24(15-20)17-27(47-6)32(25)38/h9-10,12,16-17,21-23,26,28-29,33-34,46H,13-15,18-19,38H2,1-8H3,(H,39,42)(H,40,45)/b12-10+/t11?,21-,22-,23+,26+,28?,29-,33?,34+,37+/m0/s1. The van der Waals surface area contributed by atoms with E-state index in [4.69, 9.17) is 29.4 Å². The van der Waals surface area contributed by atoms with Crippen LogP contribution in [0.3, 0.4) is 0 Å². The van der Waals surface area contributed by atoms with Crippen molar-refractivity contribution < 1.29 is 48.0 Å². The summed E-state index contributed by atoms with van der Waals surface area (Å²) in [4.78, 5) is 53.9. The fourth-order valence-electron chi connectivity index (χ4n) is 6.58. The van der Waals surface area contributed by atoms with Crippen LogP contribution in [0.5, 0.6) is 5.75 Å². The summed E-state index contributed by atoms with van der Waals surface area (Å²) in [7, 11) is 4.52. The Balaban J connectivity index is 1.72. The van der Waals surface area contributed by atoms with Gasteiger partial charge in [-0.2, -0.15) is 11.8 Å². The number of alkyl carbamates (subject to hydrolysis) is 1. The third-order valence-electron chi connectivity index (χ3n) is 9.81. The molecule has 15 heteroatoms. The fourth-order valence-corrected chi connectivity index (χ4v) is 6.97. The van der Waals surface area contributed by atoms with Gasteiger partial charge in [-0.15, -0.1) is 5.73 Å². The highest BCUT2D eigenvalue weighted by molar-refractivity contribution is 7.98. The Morgan fingerprint density at radius 3 is 2.62 bits per heavy atom. The van der Waals surface area contributed by atoms with Crippen molar-refractivity contribution in [3.8, 4) is 5.75 Å². The molecule has 286 valence electrons. The SMILES string of the molecule is COc1cc2cc(c1N)N(C)C(=O)C[C@@H](OC(=O)[C@@H](C)NC(=O)CCSC)[C@H](C)C1O[C@@H]1[C@@H](C)C1C[C@](O)(NC(=O)O1)[C@@H](OC)/C=C/C=C=C(C)C2. The van der Waals surface area contributed by atoms with Gasteiger partial charge in [0.25, 0.3) is 0 Å². The molecule has 3 amide bonds. The van der Waals surface area contributed by atoms with Crippen molar-refractivity contribution in [1.82, 2.24) is 10.6 Å². The quantitative estimate of drug-likeness (QED) is 0.132. The van der Waals surface area contributed by atoms with Gasteiger partial charge in [0, 0.05) is 51.0 Å². The van der Waals surface area contributed by atoms with Crippen molar-refractivity contribution in [3.63, 3.8) is 0 Å². The van der Waals surface area contributed by atoms with E-state index in [-0.39, 0.29) is 36.8 Å². The average Bonchev–Trinajstić information content (AvgIpc) is 3.90. The van der Waals surface area contributed by atoms with E-state index in [1.54, 1.807) is 37.4 Å². The van der Waals surface area contributed by atoms with Crippen LogP contribution in [0.25, 0.3) is 0 Å². The Kier molecular flexibility index (Phi) is 13.9. The molecule has 3 aliphatic heterocycles. The fraction of sp³-hybridized carbons (Fsp3) is 0.595. The maximum absolute atomic E-state index is 14.0. The molecule has 4 rings (SSSR count). The number of carbonyl (C=O) groups excluding carboxylic acids is 4. The van der Waals surface area contributed by atoms with Gasteiger partial charge >= 0.3 is 12.1 Å². The van der Waals surface area contributed by atoms with E-state index in [0.29, 0.717) is 23.6 Å². The number of thioether (sulfide) groups is 1. The highest BCUT2D eigenvalue weighted by Gasteiger charge is 2.55. The van der Waals surface area contributed by atoms with Crippen LogP contribution in [0.4, 0.5) is 16.2 Å². The minimum Gasteiger partial charge on any atom is -0.495 e. The number of esters is 1. The molecule has 0 aliphatic carbocycles. The van der Waals surface area contributed by atoms with Gasteiger partial charge in [-0.1, -0.05) is 26.0 Å². The number of fused-ring (bicyclic) bond motifs is 5. The van der Waals surface area contributed by atoms with Crippen molar-refractivity contribution in [2.45, 2.75) is 95.7 Å². The molecule has 2 fully saturated rings. The normalized spacial score (nSPS) is 30.7. The van der Waals surface area contributed by atoms with Gasteiger partial charge in [0.05, 0.1) is 37.1 Å². The molecule has 2 unspecified atom stereocenters. The van der Waals surface area contributed by atoms with Crippen LogP contribution in [-0.2, 0) is 39.8 Å². The number of carbonyl (C=O) groups is 4. The van der Waals surface area contributed by atoms with E-state index >= 15 is 0 Å². The van der Waals surface area contributed by atoms with E-state index in [9.17, 15) is 24.3 Å². The van der Waals surface area contributed by atoms with Crippen LogP contribution in [-0.4, -0.2) is 105 Å². The van der Waals surface area contributed by atoms with Gasteiger partial charge in [-0.25, -0.2) is 9.59 Å². The summed E-state index contributed by atoms with van der Waals surface area (Å²) in [5, 5.41) is 16.8. The molecule has 3 aliphatic rings. The topological polar surface area (TPSA) is 191 Å². The number of allylic oxidation sites excluding steroid dienone is 2. The average molecular weight is 745 g/mol. The summed E-state index contributed by atoms with van der Waals surface area (Å²) >= 11 is 1.51. The second-order valence-electron chi connectivity index (χ2n) is 13.7. The molecule has 14 nitrogen and oxygen atoms in total. The zero-order chi connectivity index (χ0) is 38.3. The molecule has 52 heavy (non-hydrogen) atoms. The number of epoxide rings is 1. The van der Waals surface area contributed by atoms with Crippen LogP contribution in [0.15, 0.2) is 41.7 Å². The largest absolute Gasteiger partial charge is 0.495 e. The van der Waals surface area contributed by atoms with Crippen LogP contribution < -0.4 is 26.0 Å². The van der Waals surface area contributed by atoms with Crippen molar-refractivity contribution in [1.29, 1.82) is 0 Å². The summed E-state index contributed by atoms with van der Waals surface area (Å²) in [5.74, 6) is -1.30. The number of hydrogen-bond donors (Lipinski definition) is 4. The molecule has 0 saturated carbocycles. The second-order valence-corrected chi connectivity index (χ2v) is 14.7. The monoisotopic (exact) mass is 744 g/mol. The maximum Gasteiger partial charge on any atom is 0.409 e. The maximum atomic E-state index is 14.0. The molecule has 0 aromatic heterocycles. The van der Waals surface area contributed by atoms with Crippen molar-refractivity contribution >= 4 is 47.0 Å². The number of amides is 3. The number of nitrogens with two attached hydrogens (primary N) is 1. The predicted octanol–water partition coefficient (Wildman–Crippen LogP) is 3.26. The summed E-state index contributed by atoms with van der Waals surface area (Å²) in [6.07, 6.45) is 2.94. The number of benzene rings is 1. The zero-order valence-corrected chi connectivity index (χ0v) is 31.9. The second kappa shape index (κ2) is 17.7. The van der Waals surface area contributed by atoms with E-state index in [1.807, 2.05) is 27.0 Å². The number of ether oxygens (including phenoxy) is 5. The van der Waals surface area contributed by atoms with Crippen LogP contribution >= 0.6 is 11.8 Å². The Hall–Kier alpha value is -4.01. The smallest absolute Gasteiger partial charge is 0.409 e. The molecule has 0 radical (unpaired) electrons. The van der Waals surface area contributed by atoms with E-state index in [2.05, 4.69) is 16.4 Å². The number of aliphatic hydroxyl groups is 1. The molecule has 1 aromatic rings. The van der Waals surface area contributed by atoms with Gasteiger partial charge in [0.15, 0.2) is 5.72 Å². The Morgan fingerprint density at radius 1 is 1.23 bits per heavy atom. The van der Waals surface area contributed by atoms with Gasteiger partial charge in [-0.05, 0) is 49.4 Å². The van der Waals surface area contributed by atoms with Gasteiger partial charge in [0.2, 0.25) is 11.8 Å². The summed E-state index contributed by atoms with van der Waals surface area (Å²) < 4.78 is 28.9. The first kappa shape index (κ1) is 40.8. The molecule has 0 spiro atoms. The van der Waals surface area contributed by atoms with Gasteiger partial charge in [0.1, 0.15) is 30.1 Å². The van der Waals surface area contributed by atoms with Gasteiger partial charge < -0.3 is 44.7 Å². The number of nitrogen functional groups attached to an aromatic ring is 1. The molecule has 2 saturated heterocycles. The van der Waals surface area contributed by atoms with Crippen LogP contribution in [0.1, 0.15) is 52.5 Å². The van der Waals surface area contributed by atoms with E-state index < -0.39 is 66.2 Å². The lowest BCUT2D eigenvalue weighted by atomic mass is 9.85. The Labute approximate surface area is 309 Å². The summed E-state index contributed by atoms with van der Waals surface area (Å²) in [6, 6.07) is 2.63. The first-order valence-electron chi connectivity index (χ1n) is 17.3. The first-order valence-corrected chi connectivity index (χ1v) is 18.7. The predicted molar refractivity (Wildman–Crippen MR) is 197 cm³/mol. The highest BCUT2D eigenvalue weighted by atomic mass is 32.2. The Morgan fingerprint density at radius 2 is 1.94 bits per heavy atom. The van der Waals surface area contributed by atoms with Crippen molar-refractivity contribution in [2.24, 2.45) is 11.8 Å². The van der Waals surface area contributed by atoms with E-state index in [1.165, 1.54) is 37.8 Å². The number of anilines is 2. The minimum atomic E-state index is -1.79. The Bertz CT molecular complexity index is 1600. The lowest BCUT2D eigenvalue weighted by Crippen LogP contribution is -2.63. The lowest BCUT2D eigenvalue weighted by Gasteiger charge is -2.42. The van der Waals surface area contributed by atoms with Gasteiger partial charge in [-0.3, -0.25) is 14.9 Å². The first-order chi connectivity index (χ1) is 24.6. The van der Waals surface area contributed by atoms with Crippen molar-refractivity contribution in [3.05, 3.63) is 47.2 Å². The van der Waals surface area contributed by atoms with E-state index in [0.717, 1.165) is 11.1 Å². The molecule has 9 atom stereocenters. The molecular weight excluding hydrogens is 692 g/mol. The molecule has 5 N–H and O–H groups in total. The summed E-state index contributed by atoms with van der Waals surface area (Å²) in [6.45, 7) is 7.09. The zero-order valence-electron chi connectivity index (χ0n) is 31.1. The lowest BCUT2D eigenvalue weighted by molar-refractivity contribution is -0.156. The number of hydrogen-bond acceptors (Lipinski definition) is 12. The number of rotatable bonds is 8. The molecular formula is C37H52N4O10S. The van der Waals surface area contributed by atoms with Crippen LogP contribution in [0.2, 0.25) is 0 Å². The van der Waals surface area contributed by atoms with Crippen LogP contribution in [0, 0.1) is 11.8 Å². The third-order valence-corrected chi connectivity index (χ3v) is 10.4. The minimum absolute atomic E-state index is 0.00338. The molecule has 1 aromatic carbocycles. The van der Waals surface area contributed by atoms with Crippen molar-refractivity contribution in [2.75, 3.05) is 43.9 Å². The highest BCUT2D eigenvalue weighted by Crippen LogP contribution is 2.42. The number of methoxy groups -OCH3 is 2. The third kappa shape index (κ3) is 9.90. The molecule has 4 bridgehead atoms. The summed E-state index contributed by atoms with van der Waals surface area (Å²) in [5.41, 5.74) is 10.2. The number of nitrogens with zero attached hydrogens (tertiary/aromatic N) is 1. The molecule has 3 heterocycles.